The third-order valence-electron chi connectivity index (χ3n) is 5.13. The number of urea groups is 1. The summed E-state index contributed by atoms with van der Waals surface area (Å²) in [4.78, 5) is 30.2. The fourth-order valence-corrected chi connectivity index (χ4v) is 5.32. The SMILES string of the molecule is COc1ccccc1N(CC1CCCC1)C(=O)Nc1ncc(SCC(C)C(=O)O)s1. The van der Waals surface area contributed by atoms with Gasteiger partial charge in [-0.15, -0.1) is 11.8 Å². The number of para-hydroxylation sites is 2. The Morgan fingerprint density at radius 1 is 1.37 bits per heavy atom. The topological polar surface area (TPSA) is 91.8 Å². The lowest BCUT2D eigenvalue weighted by molar-refractivity contribution is -0.140. The molecular formula is C21H27N3O4S2. The number of carboxylic acid groups (broad SMARTS) is 1. The molecule has 30 heavy (non-hydrogen) atoms. The number of aliphatic carboxylic acids is 1. The third kappa shape index (κ3) is 5.89. The number of nitrogens with one attached hydrogen (secondary N) is 1. The number of ether oxygens (including phenoxy) is 1. The van der Waals surface area contributed by atoms with E-state index in [1.54, 1.807) is 25.1 Å². The van der Waals surface area contributed by atoms with Gasteiger partial charge < -0.3 is 9.84 Å². The number of hydrogen-bond acceptors (Lipinski definition) is 6. The molecule has 0 spiro atoms. The van der Waals surface area contributed by atoms with E-state index in [0.29, 0.717) is 29.1 Å². The van der Waals surface area contributed by atoms with Crippen molar-refractivity contribution in [2.45, 2.75) is 36.8 Å². The molecule has 0 aliphatic heterocycles. The van der Waals surface area contributed by atoms with Crippen LogP contribution in [0, 0.1) is 11.8 Å². The highest BCUT2D eigenvalue weighted by Gasteiger charge is 2.26. The number of carbonyl (C=O) groups is 2. The molecular weight excluding hydrogens is 422 g/mol. The number of thiazole rings is 1. The van der Waals surface area contributed by atoms with E-state index < -0.39 is 11.9 Å². The van der Waals surface area contributed by atoms with Crippen molar-refractivity contribution in [2.75, 3.05) is 29.6 Å². The van der Waals surface area contributed by atoms with E-state index >= 15 is 0 Å². The van der Waals surface area contributed by atoms with Crippen LogP contribution in [0.4, 0.5) is 15.6 Å². The first-order valence-corrected chi connectivity index (χ1v) is 11.8. The number of nitrogens with zero attached hydrogens (tertiary/aromatic N) is 2. The second-order valence-electron chi connectivity index (χ2n) is 7.40. The Morgan fingerprint density at radius 3 is 2.80 bits per heavy atom. The largest absolute Gasteiger partial charge is 0.495 e. The van der Waals surface area contributed by atoms with Crippen LogP contribution in [0.3, 0.4) is 0 Å². The van der Waals surface area contributed by atoms with Crippen molar-refractivity contribution in [3.05, 3.63) is 30.5 Å². The predicted octanol–water partition coefficient (Wildman–Crippen LogP) is 5.19. The minimum Gasteiger partial charge on any atom is -0.495 e. The van der Waals surface area contributed by atoms with Crippen LogP contribution in [0.5, 0.6) is 5.75 Å². The lowest BCUT2D eigenvalue weighted by atomic mass is 10.1. The molecule has 1 aliphatic rings. The lowest BCUT2D eigenvalue weighted by Crippen LogP contribution is -2.38. The minimum atomic E-state index is -0.820. The summed E-state index contributed by atoms with van der Waals surface area (Å²) >= 11 is 2.78. The number of amides is 2. The van der Waals surface area contributed by atoms with Crippen molar-refractivity contribution < 1.29 is 19.4 Å². The zero-order valence-corrected chi connectivity index (χ0v) is 18.8. The maximum atomic E-state index is 13.2. The number of benzene rings is 1. The van der Waals surface area contributed by atoms with E-state index in [4.69, 9.17) is 9.84 Å². The number of thioether (sulfide) groups is 1. The van der Waals surface area contributed by atoms with Crippen molar-refractivity contribution in [3.8, 4) is 5.75 Å². The molecule has 2 aromatic rings. The number of carboxylic acids is 1. The Hall–Kier alpha value is -2.26. The van der Waals surface area contributed by atoms with Gasteiger partial charge in [-0.3, -0.25) is 15.0 Å². The summed E-state index contributed by atoms with van der Waals surface area (Å²) in [6.07, 6.45) is 6.32. The minimum absolute atomic E-state index is 0.240. The first kappa shape index (κ1) is 22.4. The van der Waals surface area contributed by atoms with E-state index in [1.807, 2.05) is 24.3 Å². The quantitative estimate of drug-likeness (QED) is 0.512. The Morgan fingerprint density at radius 2 is 2.10 bits per heavy atom. The van der Waals surface area contributed by atoms with Gasteiger partial charge in [-0.2, -0.15) is 0 Å². The summed E-state index contributed by atoms with van der Waals surface area (Å²) < 4.78 is 6.36. The summed E-state index contributed by atoms with van der Waals surface area (Å²) in [7, 11) is 1.60. The van der Waals surface area contributed by atoms with Crippen LogP contribution in [0.1, 0.15) is 32.6 Å². The fraction of sp³-hybridized carbons (Fsp3) is 0.476. The Balaban J connectivity index is 1.71. The molecule has 1 heterocycles. The van der Waals surface area contributed by atoms with Crippen molar-refractivity contribution >= 4 is 45.9 Å². The first-order valence-electron chi connectivity index (χ1n) is 10.0. The molecule has 0 radical (unpaired) electrons. The molecule has 7 nitrogen and oxygen atoms in total. The van der Waals surface area contributed by atoms with E-state index in [1.165, 1.54) is 35.9 Å². The van der Waals surface area contributed by atoms with Gasteiger partial charge in [0, 0.05) is 12.3 Å². The molecule has 1 fully saturated rings. The third-order valence-corrected chi connectivity index (χ3v) is 7.50. The first-order chi connectivity index (χ1) is 14.5. The molecule has 1 unspecified atom stereocenters. The molecule has 1 atom stereocenters. The number of hydrogen-bond donors (Lipinski definition) is 2. The molecule has 1 saturated carbocycles. The van der Waals surface area contributed by atoms with Crippen molar-refractivity contribution in [1.82, 2.24) is 4.98 Å². The average molecular weight is 450 g/mol. The molecule has 162 valence electrons. The van der Waals surface area contributed by atoms with Crippen LogP contribution in [0.2, 0.25) is 0 Å². The standard InChI is InChI=1S/C21H27N3O4S2/c1-14(19(25)26)13-29-18-11-22-20(30-18)23-21(27)24(12-15-7-3-4-8-15)16-9-5-6-10-17(16)28-2/h5-6,9-11,14-15H,3-4,7-8,12-13H2,1-2H3,(H,25,26)(H,22,23,27). The molecule has 1 aromatic carbocycles. The molecule has 2 N–H and O–H groups in total. The van der Waals surface area contributed by atoms with Gasteiger partial charge in [-0.25, -0.2) is 9.78 Å². The smallest absolute Gasteiger partial charge is 0.328 e. The molecule has 0 saturated heterocycles. The Labute approximate surface area is 184 Å². The highest BCUT2D eigenvalue weighted by molar-refractivity contribution is 8.01. The van der Waals surface area contributed by atoms with Gasteiger partial charge in [0.05, 0.1) is 29.1 Å². The number of methoxy groups -OCH3 is 1. The normalized spacial score (nSPS) is 15.0. The molecule has 1 aromatic heterocycles. The van der Waals surface area contributed by atoms with Gasteiger partial charge in [0.2, 0.25) is 0 Å². The lowest BCUT2D eigenvalue weighted by Gasteiger charge is -2.27. The average Bonchev–Trinajstić information content (AvgIpc) is 3.42. The van der Waals surface area contributed by atoms with E-state index in [-0.39, 0.29) is 6.03 Å². The number of rotatable bonds is 9. The van der Waals surface area contributed by atoms with Crippen LogP contribution < -0.4 is 15.0 Å². The van der Waals surface area contributed by atoms with Gasteiger partial charge in [0.25, 0.3) is 0 Å². The van der Waals surface area contributed by atoms with Crippen LogP contribution >= 0.6 is 23.1 Å². The summed E-state index contributed by atoms with van der Waals surface area (Å²) in [6.45, 7) is 2.31. The number of aromatic nitrogens is 1. The summed E-state index contributed by atoms with van der Waals surface area (Å²) in [6, 6.07) is 7.29. The Bertz CT molecular complexity index is 867. The van der Waals surface area contributed by atoms with Crippen LogP contribution in [-0.2, 0) is 4.79 Å². The second kappa shape index (κ2) is 10.7. The molecule has 0 bridgehead atoms. The van der Waals surface area contributed by atoms with Crippen molar-refractivity contribution in [1.29, 1.82) is 0 Å². The van der Waals surface area contributed by atoms with E-state index in [9.17, 15) is 9.59 Å². The van der Waals surface area contributed by atoms with Crippen molar-refractivity contribution in [3.63, 3.8) is 0 Å². The highest BCUT2D eigenvalue weighted by Crippen LogP contribution is 2.34. The second-order valence-corrected chi connectivity index (χ2v) is 9.75. The van der Waals surface area contributed by atoms with Gasteiger partial charge >= 0.3 is 12.0 Å². The number of carbonyl (C=O) groups excluding carboxylic acids is 1. The van der Waals surface area contributed by atoms with Crippen LogP contribution in [-0.4, -0.2) is 41.5 Å². The molecule has 2 amide bonds. The molecule has 3 rings (SSSR count). The summed E-state index contributed by atoms with van der Waals surface area (Å²) in [5, 5.41) is 12.4. The zero-order chi connectivity index (χ0) is 21.5. The van der Waals surface area contributed by atoms with E-state index in [2.05, 4.69) is 10.3 Å². The fourth-order valence-electron chi connectivity index (χ4n) is 3.42. The maximum Gasteiger partial charge on any atom is 0.328 e. The van der Waals surface area contributed by atoms with Crippen LogP contribution in [0.25, 0.3) is 0 Å². The summed E-state index contributed by atoms with van der Waals surface area (Å²) in [5.74, 6) is 0.326. The maximum absolute atomic E-state index is 13.2. The monoisotopic (exact) mass is 449 g/mol. The molecule has 9 heteroatoms. The van der Waals surface area contributed by atoms with Gasteiger partial charge in [0.1, 0.15) is 5.75 Å². The highest BCUT2D eigenvalue weighted by atomic mass is 32.2. The molecule has 1 aliphatic carbocycles. The predicted molar refractivity (Wildman–Crippen MR) is 121 cm³/mol. The zero-order valence-electron chi connectivity index (χ0n) is 17.2. The van der Waals surface area contributed by atoms with Gasteiger partial charge in [-0.05, 0) is 30.9 Å². The van der Waals surface area contributed by atoms with Crippen LogP contribution in [0.15, 0.2) is 34.7 Å². The summed E-state index contributed by atoms with van der Waals surface area (Å²) in [5.41, 5.74) is 0.742. The Kier molecular flexibility index (Phi) is 7.98. The van der Waals surface area contributed by atoms with Gasteiger partial charge in [-0.1, -0.05) is 43.2 Å². The van der Waals surface area contributed by atoms with Crippen molar-refractivity contribution in [2.24, 2.45) is 11.8 Å². The van der Waals surface area contributed by atoms with E-state index in [0.717, 1.165) is 22.7 Å². The number of anilines is 2. The van der Waals surface area contributed by atoms with Gasteiger partial charge in [0.15, 0.2) is 5.13 Å².